The molecule has 0 bridgehead atoms. The molecule has 0 atom stereocenters. The third-order valence-electron chi connectivity index (χ3n) is 1.47. The largest absolute Gasteiger partial charge is 0.316 e. The molecule has 0 saturated heterocycles. The van der Waals surface area contributed by atoms with Crippen molar-refractivity contribution in [2.24, 2.45) is 5.73 Å². The SMILES string of the molecule is CC(C)(N)C#Cc1cccc(Br)c1F. The number of hydrogen-bond acceptors (Lipinski definition) is 1. The highest BCUT2D eigenvalue weighted by Gasteiger charge is 2.06. The van der Waals surface area contributed by atoms with E-state index in [4.69, 9.17) is 5.73 Å². The summed E-state index contributed by atoms with van der Waals surface area (Å²) in [5.41, 5.74) is 5.42. The van der Waals surface area contributed by atoms with Gasteiger partial charge in [-0.2, -0.15) is 0 Å². The Morgan fingerprint density at radius 2 is 2.07 bits per heavy atom. The van der Waals surface area contributed by atoms with E-state index >= 15 is 0 Å². The zero-order chi connectivity index (χ0) is 10.8. The molecule has 0 aromatic heterocycles. The second kappa shape index (κ2) is 4.12. The first kappa shape index (κ1) is 11.2. The number of hydrogen-bond donors (Lipinski definition) is 1. The van der Waals surface area contributed by atoms with Gasteiger partial charge in [-0.15, -0.1) is 0 Å². The molecule has 2 N–H and O–H groups in total. The molecule has 3 heteroatoms. The first-order valence-corrected chi connectivity index (χ1v) is 4.95. The number of rotatable bonds is 0. The van der Waals surface area contributed by atoms with Gasteiger partial charge < -0.3 is 5.73 Å². The lowest BCUT2D eigenvalue weighted by Gasteiger charge is -2.07. The van der Waals surface area contributed by atoms with Crippen LogP contribution in [0.25, 0.3) is 0 Å². The highest BCUT2D eigenvalue weighted by molar-refractivity contribution is 9.10. The first-order chi connectivity index (χ1) is 6.40. The minimum Gasteiger partial charge on any atom is -0.316 e. The smallest absolute Gasteiger partial charge is 0.152 e. The monoisotopic (exact) mass is 255 g/mol. The molecule has 0 aliphatic rings. The highest BCUT2D eigenvalue weighted by Crippen LogP contribution is 2.17. The highest BCUT2D eigenvalue weighted by atomic mass is 79.9. The van der Waals surface area contributed by atoms with Crippen molar-refractivity contribution >= 4 is 15.9 Å². The van der Waals surface area contributed by atoms with Gasteiger partial charge in [-0.05, 0) is 41.9 Å². The molecule has 74 valence electrons. The van der Waals surface area contributed by atoms with Gasteiger partial charge in [-0.1, -0.05) is 17.9 Å². The lowest BCUT2D eigenvalue weighted by molar-refractivity contribution is 0.617. The molecule has 0 saturated carbocycles. The Kier molecular flexibility index (Phi) is 3.30. The summed E-state index contributed by atoms with van der Waals surface area (Å²) < 4.78 is 13.8. The van der Waals surface area contributed by atoms with Gasteiger partial charge in [0.2, 0.25) is 0 Å². The third kappa shape index (κ3) is 3.13. The Bertz CT molecular complexity index is 396. The zero-order valence-corrected chi connectivity index (χ0v) is 9.65. The van der Waals surface area contributed by atoms with E-state index in [9.17, 15) is 4.39 Å². The van der Waals surface area contributed by atoms with E-state index in [-0.39, 0.29) is 5.82 Å². The topological polar surface area (TPSA) is 26.0 Å². The molecule has 0 aliphatic carbocycles. The maximum atomic E-state index is 13.4. The van der Waals surface area contributed by atoms with Crippen LogP contribution in [-0.2, 0) is 0 Å². The van der Waals surface area contributed by atoms with Gasteiger partial charge in [0.05, 0.1) is 15.6 Å². The minimum atomic E-state index is -0.602. The Labute approximate surface area is 91.6 Å². The van der Waals surface area contributed by atoms with Crippen molar-refractivity contribution in [3.63, 3.8) is 0 Å². The van der Waals surface area contributed by atoms with Crippen LogP contribution in [0, 0.1) is 17.7 Å². The summed E-state index contributed by atoms with van der Waals surface area (Å²) in [4.78, 5) is 0. The van der Waals surface area contributed by atoms with E-state index in [0.717, 1.165) is 0 Å². The number of nitrogens with two attached hydrogens (primary N) is 1. The minimum absolute atomic E-state index is 0.343. The van der Waals surface area contributed by atoms with Gasteiger partial charge in [-0.25, -0.2) is 4.39 Å². The van der Waals surface area contributed by atoms with Gasteiger partial charge in [0.15, 0.2) is 5.82 Å². The molecule has 0 unspecified atom stereocenters. The van der Waals surface area contributed by atoms with Gasteiger partial charge in [-0.3, -0.25) is 0 Å². The lowest BCUT2D eigenvalue weighted by atomic mass is 10.1. The van der Waals surface area contributed by atoms with Gasteiger partial charge in [0, 0.05) is 0 Å². The summed E-state index contributed by atoms with van der Waals surface area (Å²) in [5.74, 6) is 5.14. The summed E-state index contributed by atoms with van der Waals surface area (Å²) in [6, 6.07) is 4.99. The van der Waals surface area contributed by atoms with Crippen LogP contribution in [0.3, 0.4) is 0 Å². The van der Waals surface area contributed by atoms with Crippen LogP contribution >= 0.6 is 15.9 Å². The average molecular weight is 256 g/mol. The molecule has 1 aromatic rings. The van der Waals surface area contributed by atoms with Crippen molar-refractivity contribution in [1.82, 2.24) is 0 Å². The van der Waals surface area contributed by atoms with Crippen molar-refractivity contribution < 1.29 is 4.39 Å². The van der Waals surface area contributed by atoms with E-state index in [1.54, 1.807) is 32.0 Å². The lowest BCUT2D eigenvalue weighted by Crippen LogP contribution is -2.29. The third-order valence-corrected chi connectivity index (χ3v) is 2.08. The fourth-order valence-electron chi connectivity index (χ4n) is 0.829. The Morgan fingerprint density at radius 1 is 1.43 bits per heavy atom. The Balaban J connectivity index is 3.08. The number of halogens is 2. The summed E-state index contributed by atoms with van der Waals surface area (Å²) in [5, 5.41) is 0. The Hall–Kier alpha value is -0.850. The molecule has 1 rings (SSSR count). The first-order valence-electron chi connectivity index (χ1n) is 4.16. The molecule has 0 radical (unpaired) electrons. The van der Waals surface area contributed by atoms with E-state index in [1.165, 1.54) is 0 Å². The predicted molar refractivity (Wildman–Crippen MR) is 59.2 cm³/mol. The molecule has 0 spiro atoms. The van der Waals surface area contributed by atoms with Crippen LogP contribution in [-0.4, -0.2) is 5.54 Å². The fourth-order valence-corrected chi connectivity index (χ4v) is 1.19. The zero-order valence-electron chi connectivity index (χ0n) is 8.07. The van der Waals surface area contributed by atoms with Gasteiger partial charge in [0.25, 0.3) is 0 Å². The molecule has 1 nitrogen and oxygen atoms in total. The van der Waals surface area contributed by atoms with Crippen molar-refractivity contribution in [1.29, 1.82) is 0 Å². The van der Waals surface area contributed by atoms with Crippen molar-refractivity contribution in [2.45, 2.75) is 19.4 Å². The predicted octanol–water partition coefficient (Wildman–Crippen LogP) is 2.68. The molecule has 1 aromatic carbocycles. The molecular weight excluding hydrogens is 245 g/mol. The van der Waals surface area contributed by atoms with Crippen LogP contribution in [0.2, 0.25) is 0 Å². The Morgan fingerprint density at radius 3 is 2.64 bits per heavy atom. The maximum Gasteiger partial charge on any atom is 0.152 e. The van der Waals surface area contributed by atoms with Gasteiger partial charge >= 0.3 is 0 Å². The summed E-state index contributed by atoms with van der Waals surface area (Å²) >= 11 is 3.09. The van der Waals surface area contributed by atoms with E-state index in [2.05, 4.69) is 27.8 Å². The second-order valence-corrected chi connectivity index (χ2v) is 4.43. The van der Waals surface area contributed by atoms with Crippen LogP contribution < -0.4 is 5.73 Å². The van der Waals surface area contributed by atoms with Crippen molar-refractivity contribution in [3.8, 4) is 11.8 Å². The standard InChI is InChI=1S/C11H11BrFN/c1-11(2,14)7-6-8-4-3-5-9(12)10(8)13/h3-5H,14H2,1-2H3. The average Bonchev–Trinajstić information content (AvgIpc) is 2.06. The second-order valence-electron chi connectivity index (χ2n) is 3.57. The van der Waals surface area contributed by atoms with Crippen LogP contribution in [0.15, 0.2) is 22.7 Å². The van der Waals surface area contributed by atoms with Crippen LogP contribution in [0.1, 0.15) is 19.4 Å². The summed E-state index contributed by atoms with van der Waals surface area (Å²) in [7, 11) is 0. The van der Waals surface area contributed by atoms with E-state index in [1.807, 2.05) is 0 Å². The summed E-state index contributed by atoms with van der Waals surface area (Å²) in [6.45, 7) is 3.55. The normalized spacial score (nSPS) is 10.6. The van der Waals surface area contributed by atoms with E-state index < -0.39 is 5.54 Å². The maximum absolute atomic E-state index is 13.4. The molecule has 0 amide bonds. The molecule has 0 heterocycles. The van der Waals surface area contributed by atoms with Crippen LogP contribution in [0.5, 0.6) is 0 Å². The van der Waals surface area contributed by atoms with Crippen molar-refractivity contribution in [2.75, 3.05) is 0 Å². The molecule has 14 heavy (non-hydrogen) atoms. The summed E-state index contributed by atoms with van der Waals surface area (Å²) in [6.07, 6.45) is 0. The molecule has 0 fully saturated rings. The quantitative estimate of drug-likeness (QED) is 0.709. The molecular formula is C11H11BrFN. The molecule has 0 aliphatic heterocycles. The van der Waals surface area contributed by atoms with Crippen molar-refractivity contribution in [3.05, 3.63) is 34.1 Å². The fraction of sp³-hybridized carbons (Fsp3) is 0.273. The van der Waals surface area contributed by atoms with E-state index in [0.29, 0.717) is 10.0 Å². The number of benzene rings is 1. The van der Waals surface area contributed by atoms with Gasteiger partial charge in [0.1, 0.15) is 0 Å². The van der Waals surface area contributed by atoms with Crippen LogP contribution in [0.4, 0.5) is 4.39 Å².